The molecule has 0 saturated carbocycles. The van der Waals surface area contributed by atoms with E-state index in [1.54, 1.807) is 0 Å². The molecule has 3 unspecified atom stereocenters. The van der Waals surface area contributed by atoms with Gasteiger partial charge in [0.15, 0.2) is 0 Å². The zero-order chi connectivity index (χ0) is 15.4. The Morgan fingerprint density at radius 3 is 2.62 bits per heavy atom. The van der Waals surface area contributed by atoms with E-state index in [-0.39, 0.29) is 24.2 Å². The molecule has 3 atom stereocenters. The quantitative estimate of drug-likeness (QED) is 0.890. The fraction of sp³-hybridized carbons (Fsp3) is 0.562. The van der Waals surface area contributed by atoms with E-state index in [9.17, 15) is 4.79 Å². The average molecular weight is 291 g/mol. The Bertz CT molecular complexity index is 480. The largest absolute Gasteiger partial charge is 0.372 e. The van der Waals surface area contributed by atoms with Gasteiger partial charge < -0.3 is 20.7 Å². The van der Waals surface area contributed by atoms with E-state index in [1.807, 2.05) is 31.2 Å². The Hall–Kier alpha value is -1.59. The van der Waals surface area contributed by atoms with Crippen LogP contribution in [0.4, 0.5) is 11.4 Å². The van der Waals surface area contributed by atoms with E-state index in [1.165, 1.54) is 0 Å². The van der Waals surface area contributed by atoms with Crippen LogP contribution in [-0.2, 0) is 9.53 Å². The normalized spacial score (nSPS) is 23.7. The van der Waals surface area contributed by atoms with Gasteiger partial charge >= 0.3 is 0 Å². The highest BCUT2D eigenvalue weighted by Gasteiger charge is 2.24. The summed E-state index contributed by atoms with van der Waals surface area (Å²) in [5.74, 6) is -0.0493. The Balaban J connectivity index is 2.14. The molecule has 1 saturated heterocycles. The number of hydrogen-bond acceptors (Lipinski definition) is 4. The molecule has 0 bridgehead atoms. The van der Waals surface area contributed by atoms with Gasteiger partial charge in [-0.2, -0.15) is 0 Å². The van der Waals surface area contributed by atoms with E-state index in [0.717, 1.165) is 24.5 Å². The molecule has 0 aliphatic carbocycles. The number of carbonyl (C=O) groups is 1. The topological polar surface area (TPSA) is 67.6 Å². The van der Waals surface area contributed by atoms with Crippen molar-refractivity contribution in [2.24, 2.45) is 5.73 Å². The number of ether oxygens (including phenoxy) is 1. The summed E-state index contributed by atoms with van der Waals surface area (Å²) in [6.45, 7) is 7.62. The summed E-state index contributed by atoms with van der Waals surface area (Å²) >= 11 is 0. The molecule has 5 nitrogen and oxygen atoms in total. The van der Waals surface area contributed by atoms with Crippen molar-refractivity contribution in [3.8, 4) is 0 Å². The van der Waals surface area contributed by atoms with Gasteiger partial charge in [0.1, 0.15) is 0 Å². The highest BCUT2D eigenvalue weighted by atomic mass is 16.5. The molecule has 1 aliphatic heterocycles. The summed E-state index contributed by atoms with van der Waals surface area (Å²) in [5, 5.41) is 2.97. The predicted octanol–water partition coefficient (Wildman–Crippen LogP) is 1.98. The number of morpholine rings is 1. The van der Waals surface area contributed by atoms with Crippen molar-refractivity contribution in [3.63, 3.8) is 0 Å². The maximum atomic E-state index is 12.0. The molecule has 1 fully saturated rings. The number of nitrogens with one attached hydrogen (secondary N) is 1. The number of hydrogen-bond donors (Lipinski definition) is 2. The van der Waals surface area contributed by atoms with E-state index >= 15 is 0 Å². The molecule has 1 heterocycles. The third-order valence-electron chi connectivity index (χ3n) is 3.45. The molecule has 0 spiro atoms. The second-order valence-corrected chi connectivity index (χ2v) is 5.91. The lowest BCUT2D eigenvalue weighted by Crippen LogP contribution is -2.45. The molecule has 0 radical (unpaired) electrons. The molecule has 5 heteroatoms. The second-order valence-electron chi connectivity index (χ2n) is 5.91. The van der Waals surface area contributed by atoms with E-state index in [0.29, 0.717) is 6.42 Å². The number of para-hydroxylation sites is 2. The maximum absolute atomic E-state index is 12.0. The highest BCUT2D eigenvalue weighted by molar-refractivity contribution is 5.94. The summed E-state index contributed by atoms with van der Waals surface area (Å²) in [4.78, 5) is 14.2. The number of rotatable bonds is 4. The molecular weight excluding hydrogens is 266 g/mol. The maximum Gasteiger partial charge on any atom is 0.225 e. The molecule has 1 aliphatic rings. The third-order valence-corrected chi connectivity index (χ3v) is 3.45. The van der Waals surface area contributed by atoms with E-state index in [2.05, 4.69) is 24.1 Å². The molecule has 1 aromatic rings. The number of nitrogens with zero attached hydrogens (tertiary/aromatic N) is 1. The SMILES string of the molecule is CC(N)CC(=O)Nc1ccccc1N1CC(C)OC(C)C1. The van der Waals surface area contributed by atoms with Crippen LogP contribution in [0.3, 0.4) is 0 Å². The van der Waals surface area contributed by atoms with Crippen LogP contribution in [0.25, 0.3) is 0 Å². The first-order valence-corrected chi connectivity index (χ1v) is 7.50. The molecule has 2 rings (SSSR count). The van der Waals surface area contributed by atoms with Crippen LogP contribution >= 0.6 is 0 Å². The van der Waals surface area contributed by atoms with Crippen molar-refractivity contribution < 1.29 is 9.53 Å². The number of nitrogens with two attached hydrogens (primary N) is 1. The van der Waals surface area contributed by atoms with Crippen molar-refractivity contribution in [2.45, 2.75) is 45.4 Å². The van der Waals surface area contributed by atoms with Crippen LogP contribution in [-0.4, -0.2) is 37.2 Å². The van der Waals surface area contributed by atoms with Crippen molar-refractivity contribution in [1.82, 2.24) is 0 Å². The van der Waals surface area contributed by atoms with Crippen LogP contribution in [0.5, 0.6) is 0 Å². The number of benzene rings is 1. The molecular formula is C16H25N3O2. The highest BCUT2D eigenvalue weighted by Crippen LogP contribution is 2.28. The lowest BCUT2D eigenvalue weighted by molar-refractivity contribution is -0.116. The summed E-state index contributed by atoms with van der Waals surface area (Å²) in [5.41, 5.74) is 7.55. The van der Waals surface area contributed by atoms with Crippen LogP contribution in [0, 0.1) is 0 Å². The lowest BCUT2D eigenvalue weighted by atomic mass is 10.1. The van der Waals surface area contributed by atoms with Gasteiger partial charge in [-0.15, -0.1) is 0 Å². The van der Waals surface area contributed by atoms with Crippen LogP contribution in [0.1, 0.15) is 27.2 Å². The molecule has 1 aromatic carbocycles. The first-order chi connectivity index (χ1) is 9.95. The van der Waals surface area contributed by atoms with Crippen LogP contribution in [0.2, 0.25) is 0 Å². The van der Waals surface area contributed by atoms with Gasteiger partial charge in [0.2, 0.25) is 5.91 Å². The molecule has 3 N–H and O–H groups in total. The van der Waals surface area contributed by atoms with Gasteiger partial charge in [-0.05, 0) is 32.9 Å². The number of anilines is 2. The van der Waals surface area contributed by atoms with Crippen LogP contribution < -0.4 is 16.0 Å². The van der Waals surface area contributed by atoms with E-state index in [4.69, 9.17) is 10.5 Å². The van der Waals surface area contributed by atoms with Crippen molar-refractivity contribution in [2.75, 3.05) is 23.3 Å². The zero-order valence-corrected chi connectivity index (χ0v) is 13.0. The lowest BCUT2D eigenvalue weighted by Gasteiger charge is -2.37. The monoisotopic (exact) mass is 291 g/mol. The average Bonchev–Trinajstić information content (AvgIpc) is 2.37. The third kappa shape index (κ3) is 4.44. The summed E-state index contributed by atoms with van der Waals surface area (Å²) in [6, 6.07) is 7.74. The first kappa shape index (κ1) is 15.8. The van der Waals surface area contributed by atoms with Crippen molar-refractivity contribution >= 4 is 17.3 Å². The van der Waals surface area contributed by atoms with Crippen molar-refractivity contribution in [3.05, 3.63) is 24.3 Å². The van der Waals surface area contributed by atoms with Gasteiger partial charge in [0.05, 0.1) is 23.6 Å². The number of carbonyl (C=O) groups excluding carboxylic acids is 1. The molecule has 1 amide bonds. The summed E-state index contributed by atoms with van der Waals surface area (Å²) < 4.78 is 5.77. The molecule has 21 heavy (non-hydrogen) atoms. The minimum Gasteiger partial charge on any atom is -0.372 e. The Labute approximate surface area is 126 Å². The predicted molar refractivity (Wildman–Crippen MR) is 85.6 cm³/mol. The van der Waals surface area contributed by atoms with Gasteiger partial charge in [0.25, 0.3) is 0 Å². The summed E-state index contributed by atoms with van der Waals surface area (Å²) in [6.07, 6.45) is 0.688. The standard InChI is InChI=1S/C16H25N3O2/c1-11(17)8-16(20)18-14-6-4-5-7-15(14)19-9-12(2)21-13(3)10-19/h4-7,11-13H,8-10,17H2,1-3H3,(H,18,20). The van der Waals surface area contributed by atoms with Gasteiger partial charge in [-0.3, -0.25) is 4.79 Å². The van der Waals surface area contributed by atoms with E-state index < -0.39 is 0 Å². The van der Waals surface area contributed by atoms with Gasteiger partial charge in [0, 0.05) is 25.6 Å². The fourth-order valence-electron chi connectivity index (χ4n) is 2.72. The Morgan fingerprint density at radius 2 is 2.00 bits per heavy atom. The minimum atomic E-state index is -0.138. The fourth-order valence-corrected chi connectivity index (χ4v) is 2.72. The second kappa shape index (κ2) is 6.91. The van der Waals surface area contributed by atoms with Crippen molar-refractivity contribution in [1.29, 1.82) is 0 Å². The minimum absolute atomic E-state index is 0.0493. The Morgan fingerprint density at radius 1 is 1.38 bits per heavy atom. The van der Waals surface area contributed by atoms with Gasteiger partial charge in [-0.25, -0.2) is 0 Å². The van der Waals surface area contributed by atoms with Gasteiger partial charge in [-0.1, -0.05) is 12.1 Å². The Kier molecular flexibility index (Phi) is 5.20. The number of amides is 1. The smallest absolute Gasteiger partial charge is 0.225 e. The van der Waals surface area contributed by atoms with Crippen LogP contribution in [0.15, 0.2) is 24.3 Å². The summed E-state index contributed by atoms with van der Waals surface area (Å²) in [7, 11) is 0. The molecule has 0 aromatic heterocycles. The molecule has 116 valence electrons. The zero-order valence-electron chi connectivity index (χ0n) is 13.0. The first-order valence-electron chi connectivity index (χ1n) is 7.50.